The summed E-state index contributed by atoms with van der Waals surface area (Å²) in [6.07, 6.45) is 5.39. The van der Waals surface area contributed by atoms with Crippen molar-refractivity contribution in [1.29, 1.82) is 0 Å². The summed E-state index contributed by atoms with van der Waals surface area (Å²) in [7, 11) is 0. The van der Waals surface area contributed by atoms with E-state index in [4.69, 9.17) is 4.74 Å². The standard InChI is InChI=1S/C14H19BrN2O3/c1-3-20-14(6-4-5-9(2)7-14)13-16-8-10(15)11(17-13)12(18)19/h8-9H,3-7H2,1-2H3,(H,18,19). The van der Waals surface area contributed by atoms with Crippen molar-refractivity contribution in [3.63, 3.8) is 0 Å². The minimum Gasteiger partial charge on any atom is -0.476 e. The molecule has 1 aliphatic carbocycles. The summed E-state index contributed by atoms with van der Waals surface area (Å²) in [6, 6.07) is 0. The molecule has 5 nitrogen and oxygen atoms in total. The van der Waals surface area contributed by atoms with Gasteiger partial charge in [0, 0.05) is 12.8 Å². The summed E-state index contributed by atoms with van der Waals surface area (Å²) in [6.45, 7) is 4.69. The number of aromatic nitrogens is 2. The first-order valence-corrected chi connectivity index (χ1v) is 7.68. The van der Waals surface area contributed by atoms with Crippen LogP contribution >= 0.6 is 15.9 Å². The van der Waals surface area contributed by atoms with E-state index >= 15 is 0 Å². The molecule has 2 atom stereocenters. The third-order valence-electron chi connectivity index (χ3n) is 3.73. The van der Waals surface area contributed by atoms with E-state index in [0.29, 0.717) is 22.8 Å². The fraction of sp³-hybridized carbons (Fsp3) is 0.643. The number of carboxylic acid groups (broad SMARTS) is 1. The van der Waals surface area contributed by atoms with Crippen LogP contribution in [-0.2, 0) is 10.3 Å². The van der Waals surface area contributed by atoms with E-state index in [9.17, 15) is 9.90 Å². The minimum absolute atomic E-state index is 0.00713. The number of aromatic carboxylic acids is 1. The van der Waals surface area contributed by atoms with Crippen LogP contribution < -0.4 is 0 Å². The van der Waals surface area contributed by atoms with Gasteiger partial charge in [-0.15, -0.1) is 0 Å². The molecular weight excluding hydrogens is 324 g/mol. The third-order valence-corrected chi connectivity index (χ3v) is 4.31. The first-order valence-electron chi connectivity index (χ1n) is 6.89. The summed E-state index contributed by atoms with van der Waals surface area (Å²) in [4.78, 5) is 19.8. The molecule has 20 heavy (non-hydrogen) atoms. The lowest BCUT2D eigenvalue weighted by molar-refractivity contribution is -0.0882. The predicted molar refractivity (Wildman–Crippen MR) is 77.6 cm³/mol. The van der Waals surface area contributed by atoms with E-state index in [1.807, 2.05) is 6.92 Å². The normalized spacial score (nSPS) is 26.4. The Balaban J connectivity index is 2.44. The Morgan fingerprint density at radius 3 is 3.00 bits per heavy atom. The molecule has 1 heterocycles. The molecule has 6 heteroatoms. The van der Waals surface area contributed by atoms with Gasteiger partial charge in [0.25, 0.3) is 0 Å². The van der Waals surface area contributed by atoms with Crippen LogP contribution in [0.5, 0.6) is 0 Å². The fourth-order valence-electron chi connectivity index (χ4n) is 2.91. The molecule has 1 aromatic rings. The predicted octanol–water partition coefficient (Wildman–Crippen LogP) is 3.38. The largest absolute Gasteiger partial charge is 0.476 e. The molecule has 110 valence electrons. The van der Waals surface area contributed by atoms with Crippen LogP contribution in [0.25, 0.3) is 0 Å². The molecule has 0 aromatic carbocycles. The second-order valence-electron chi connectivity index (χ2n) is 5.32. The van der Waals surface area contributed by atoms with E-state index in [1.54, 1.807) is 0 Å². The molecule has 1 aromatic heterocycles. The molecule has 1 saturated carbocycles. The summed E-state index contributed by atoms with van der Waals surface area (Å²) in [5.74, 6) is -0.0432. The molecular formula is C14H19BrN2O3. The lowest BCUT2D eigenvalue weighted by atomic mass is 9.78. The molecule has 1 aliphatic rings. The van der Waals surface area contributed by atoms with E-state index in [1.165, 1.54) is 6.20 Å². The molecule has 0 aliphatic heterocycles. The summed E-state index contributed by atoms with van der Waals surface area (Å²) in [5, 5.41) is 9.19. The smallest absolute Gasteiger partial charge is 0.355 e. The number of ether oxygens (including phenoxy) is 1. The van der Waals surface area contributed by atoms with Gasteiger partial charge in [-0.1, -0.05) is 13.3 Å². The number of carbonyl (C=O) groups is 1. The first-order chi connectivity index (χ1) is 9.48. The Labute approximate surface area is 126 Å². The van der Waals surface area contributed by atoms with Crippen molar-refractivity contribution < 1.29 is 14.6 Å². The number of carboxylic acids is 1. The molecule has 1 fully saturated rings. The van der Waals surface area contributed by atoms with Gasteiger partial charge in [-0.3, -0.25) is 0 Å². The van der Waals surface area contributed by atoms with Crippen LogP contribution in [0.1, 0.15) is 55.8 Å². The van der Waals surface area contributed by atoms with E-state index in [0.717, 1.165) is 25.7 Å². The quantitative estimate of drug-likeness (QED) is 0.907. The minimum atomic E-state index is -1.06. The van der Waals surface area contributed by atoms with Gasteiger partial charge in [0.1, 0.15) is 5.60 Å². The highest BCUT2D eigenvalue weighted by Gasteiger charge is 2.40. The topological polar surface area (TPSA) is 72.3 Å². The highest BCUT2D eigenvalue weighted by atomic mass is 79.9. The van der Waals surface area contributed by atoms with Crippen molar-refractivity contribution in [3.05, 3.63) is 22.2 Å². The van der Waals surface area contributed by atoms with E-state index in [-0.39, 0.29) is 5.69 Å². The SMILES string of the molecule is CCOC1(c2ncc(Br)c(C(=O)O)n2)CCCC(C)C1. The van der Waals surface area contributed by atoms with Crippen LogP contribution in [0.2, 0.25) is 0 Å². The van der Waals surface area contributed by atoms with Gasteiger partial charge in [0.05, 0.1) is 4.47 Å². The van der Waals surface area contributed by atoms with Crippen molar-refractivity contribution in [2.75, 3.05) is 6.61 Å². The average molecular weight is 343 g/mol. The van der Waals surface area contributed by atoms with Gasteiger partial charge < -0.3 is 9.84 Å². The van der Waals surface area contributed by atoms with Crippen LogP contribution in [-0.4, -0.2) is 27.7 Å². The third kappa shape index (κ3) is 3.01. The molecule has 0 bridgehead atoms. The number of nitrogens with zero attached hydrogens (tertiary/aromatic N) is 2. The number of hydrogen-bond acceptors (Lipinski definition) is 4. The lowest BCUT2D eigenvalue weighted by Gasteiger charge is -2.38. The summed E-state index contributed by atoms with van der Waals surface area (Å²) in [5.41, 5.74) is -0.551. The lowest BCUT2D eigenvalue weighted by Crippen LogP contribution is -2.37. The molecule has 0 radical (unpaired) electrons. The first kappa shape index (κ1) is 15.4. The van der Waals surface area contributed by atoms with Crippen molar-refractivity contribution >= 4 is 21.9 Å². The maximum atomic E-state index is 11.2. The van der Waals surface area contributed by atoms with Crippen molar-refractivity contribution in [3.8, 4) is 0 Å². The zero-order valence-electron chi connectivity index (χ0n) is 11.7. The summed E-state index contributed by atoms with van der Waals surface area (Å²) >= 11 is 3.18. The van der Waals surface area contributed by atoms with Gasteiger partial charge in [0.2, 0.25) is 0 Å². The molecule has 2 unspecified atom stereocenters. The number of halogens is 1. The van der Waals surface area contributed by atoms with Crippen LogP contribution in [0, 0.1) is 5.92 Å². The molecule has 0 spiro atoms. The second kappa shape index (κ2) is 6.18. The van der Waals surface area contributed by atoms with Crippen molar-refractivity contribution in [2.24, 2.45) is 5.92 Å². The van der Waals surface area contributed by atoms with E-state index < -0.39 is 11.6 Å². The second-order valence-corrected chi connectivity index (χ2v) is 6.18. The Kier molecular flexibility index (Phi) is 4.75. The van der Waals surface area contributed by atoms with Crippen LogP contribution in [0.15, 0.2) is 10.7 Å². The summed E-state index contributed by atoms with van der Waals surface area (Å²) < 4.78 is 6.36. The van der Waals surface area contributed by atoms with Crippen LogP contribution in [0.4, 0.5) is 0 Å². The molecule has 2 rings (SSSR count). The fourth-order valence-corrected chi connectivity index (χ4v) is 3.28. The maximum absolute atomic E-state index is 11.2. The zero-order valence-corrected chi connectivity index (χ0v) is 13.3. The highest BCUT2D eigenvalue weighted by molar-refractivity contribution is 9.10. The van der Waals surface area contributed by atoms with Crippen LogP contribution in [0.3, 0.4) is 0 Å². The van der Waals surface area contributed by atoms with Gasteiger partial charge in [-0.25, -0.2) is 14.8 Å². The van der Waals surface area contributed by atoms with Gasteiger partial charge in [0.15, 0.2) is 11.5 Å². The van der Waals surface area contributed by atoms with Crippen molar-refractivity contribution in [1.82, 2.24) is 9.97 Å². The maximum Gasteiger partial charge on any atom is 0.355 e. The Morgan fingerprint density at radius 2 is 2.40 bits per heavy atom. The monoisotopic (exact) mass is 342 g/mol. The van der Waals surface area contributed by atoms with Gasteiger partial charge in [-0.05, 0) is 48.0 Å². The number of rotatable bonds is 4. The zero-order chi connectivity index (χ0) is 14.8. The Hall–Kier alpha value is -1.01. The Morgan fingerprint density at radius 1 is 1.65 bits per heavy atom. The van der Waals surface area contributed by atoms with Crippen molar-refractivity contribution in [2.45, 2.75) is 45.1 Å². The number of hydrogen-bond donors (Lipinski definition) is 1. The van der Waals surface area contributed by atoms with E-state index in [2.05, 4.69) is 32.8 Å². The molecule has 1 N–H and O–H groups in total. The van der Waals surface area contributed by atoms with Gasteiger partial charge in [-0.2, -0.15) is 0 Å². The highest BCUT2D eigenvalue weighted by Crippen LogP contribution is 2.41. The molecule has 0 amide bonds. The molecule has 0 saturated heterocycles. The average Bonchev–Trinajstić information content (AvgIpc) is 2.39. The van der Waals surface area contributed by atoms with Gasteiger partial charge >= 0.3 is 5.97 Å². The Bertz CT molecular complexity index is 505.